The Hall–Kier alpha value is -1.43. The number of hydrogen-bond acceptors (Lipinski definition) is 4. The molecule has 1 aliphatic rings. The Labute approximate surface area is 132 Å². The van der Waals surface area contributed by atoms with Gasteiger partial charge in [-0.15, -0.1) is 0 Å². The largest absolute Gasteiger partial charge is 0.395 e. The van der Waals surface area contributed by atoms with E-state index in [-0.39, 0.29) is 6.61 Å². The van der Waals surface area contributed by atoms with Crippen LogP contribution in [0.4, 0.5) is 0 Å². The molecule has 0 unspecified atom stereocenters. The molecule has 1 aromatic heterocycles. The van der Waals surface area contributed by atoms with Gasteiger partial charge in [-0.2, -0.15) is 0 Å². The van der Waals surface area contributed by atoms with Gasteiger partial charge in [0, 0.05) is 19.6 Å². The Morgan fingerprint density at radius 2 is 1.95 bits per heavy atom. The first-order valence-corrected chi connectivity index (χ1v) is 8.13. The van der Waals surface area contributed by atoms with Crippen LogP contribution < -0.4 is 0 Å². The van der Waals surface area contributed by atoms with Gasteiger partial charge in [-0.05, 0) is 45.1 Å². The van der Waals surface area contributed by atoms with E-state index in [1.807, 2.05) is 6.07 Å². The van der Waals surface area contributed by atoms with E-state index in [0.717, 1.165) is 37.5 Å². The van der Waals surface area contributed by atoms with Gasteiger partial charge in [-0.1, -0.05) is 12.1 Å². The van der Waals surface area contributed by atoms with Crippen molar-refractivity contribution in [3.63, 3.8) is 0 Å². The minimum absolute atomic E-state index is 0.205. The second-order valence-corrected chi connectivity index (χ2v) is 6.30. The van der Waals surface area contributed by atoms with Crippen molar-refractivity contribution in [2.45, 2.75) is 25.4 Å². The number of piperidine rings is 1. The number of nitrogens with zero attached hydrogens (tertiary/aromatic N) is 4. The number of imidazole rings is 1. The molecule has 0 amide bonds. The summed E-state index contributed by atoms with van der Waals surface area (Å²) in [4.78, 5) is 9.55. The summed E-state index contributed by atoms with van der Waals surface area (Å²) >= 11 is 0. The molecule has 1 saturated heterocycles. The van der Waals surface area contributed by atoms with E-state index in [1.165, 1.54) is 18.4 Å². The lowest BCUT2D eigenvalue weighted by atomic mass is 10.0. The average Bonchev–Trinajstić information content (AvgIpc) is 2.84. The standard InChI is InChI=1S/C17H26N4O/c1-19-9-7-14(8-10-19)21(11-12-22)13-17-18-15-5-3-4-6-16(15)20(17)2/h3-6,14,22H,7-13H2,1-2H3. The minimum Gasteiger partial charge on any atom is -0.395 e. The third-order valence-electron chi connectivity index (χ3n) is 4.82. The van der Waals surface area contributed by atoms with Crippen LogP contribution in [0.3, 0.4) is 0 Å². The number of aryl methyl sites for hydroxylation is 1. The number of likely N-dealkylation sites (tertiary alicyclic amines) is 1. The van der Waals surface area contributed by atoms with Crippen LogP contribution in [-0.4, -0.2) is 63.8 Å². The van der Waals surface area contributed by atoms with E-state index in [0.29, 0.717) is 6.04 Å². The Morgan fingerprint density at radius 1 is 1.23 bits per heavy atom. The lowest BCUT2D eigenvalue weighted by Crippen LogP contribution is -2.44. The number of fused-ring (bicyclic) bond motifs is 1. The zero-order valence-electron chi connectivity index (χ0n) is 13.6. The molecule has 5 heteroatoms. The molecule has 0 radical (unpaired) electrons. The molecule has 2 aromatic rings. The molecule has 0 bridgehead atoms. The first kappa shape index (κ1) is 15.5. The molecule has 0 atom stereocenters. The second-order valence-electron chi connectivity index (χ2n) is 6.30. The normalized spacial score (nSPS) is 17.6. The number of para-hydroxylation sites is 2. The molecule has 2 heterocycles. The van der Waals surface area contributed by atoms with E-state index in [9.17, 15) is 5.11 Å². The number of aliphatic hydroxyl groups is 1. The van der Waals surface area contributed by atoms with Crippen LogP contribution in [0.15, 0.2) is 24.3 Å². The number of benzene rings is 1. The first-order chi connectivity index (χ1) is 10.7. The van der Waals surface area contributed by atoms with E-state index < -0.39 is 0 Å². The highest BCUT2D eigenvalue weighted by molar-refractivity contribution is 5.75. The maximum absolute atomic E-state index is 9.43. The predicted molar refractivity (Wildman–Crippen MR) is 88.7 cm³/mol. The van der Waals surface area contributed by atoms with Crippen molar-refractivity contribution < 1.29 is 5.11 Å². The van der Waals surface area contributed by atoms with Gasteiger partial charge in [0.15, 0.2) is 0 Å². The highest BCUT2D eigenvalue weighted by atomic mass is 16.3. The van der Waals surface area contributed by atoms with Crippen molar-refractivity contribution >= 4 is 11.0 Å². The quantitative estimate of drug-likeness (QED) is 0.908. The van der Waals surface area contributed by atoms with Crippen molar-refractivity contribution in [1.82, 2.24) is 19.4 Å². The van der Waals surface area contributed by atoms with Gasteiger partial charge in [0.1, 0.15) is 5.82 Å². The molecule has 5 nitrogen and oxygen atoms in total. The molecule has 0 spiro atoms. The monoisotopic (exact) mass is 302 g/mol. The zero-order chi connectivity index (χ0) is 15.5. The van der Waals surface area contributed by atoms with Crippen LogP contribution >= 0.6 is 0 Å². The van der Waals surface area contributed by atoms with Crippen LogP contribution in [0.1, 0.15) is 18.7 Å². The van der Waals surface area contributed by atoms with E-state index in [2.05, 4.69) is 46.7 Å². The first-order valence-electron chi connectivity index (χ1n) is 8.13. The highest BCUT2D eigenvalue weighted by Gasteiger charge is 2.24. The van der Waals surface area contributed by atoms with Gasteiger partial charge in [0.2, 0.25) is 0 Å². The fourth-order valence-electron chi connectivity index (χ4n) is 3.40. The number of hydrogen-bond donors (Lipinski definition) is 1. The minimum atomic E-state index is 0.205. The summed E-state index contributed by atoms with van der Waals surface area (Å²) in [6, 6.07) is 8.79. The summed E-state index contributed by atoms with van der Waals surface area (Å²) in [5.74, 6) is 1.08. The number of rotatable bonds is 5. The molecule has 1 N–H and O–H groups in total. The fraction of sp³-hybridized carbons (Fsp3) is 0.588. The predicted octanol–water partition coefficient (Wildman–Crippen LogP) is 1.46. The zero-order valence-corrected chi connectivity index (χ0v) is 13.6. The van der Waals surface area contributed by atoms with Crippen molar-refractivity contribution in [2.24, 2.45) is 7.05 Å². The molecule has 3 rings (SSSR count). The Bertz CT molecular complexity index is 616. The molecule has 0 aliphatic carbocycles. The molecule has 120 valence electrons. The number of aromatic nitrogens is 2. The molecular weight excluding hydrogens is 276 g/mol. The van der Waals surface area contributed by atoms with Gasteiger partial charge in [0.05, 0.1) is 24.2 Å². The SMILES string of the molecule is CN1CCC(N(CCO)Cc2nc3ccccc3n2C)CC1. The molecular formula is C17H26N4O. The summed E-state index contributed by atoms with van der Waals surface area (Å²) in [5, 5.41) is 9.43. The van der Waals surface area contributed by atoms with Gasteiger partial charge in [-0.25, -0.2) is 4.98 Å². The topological polar surface area (TPSA) is 44.5 Å². The van der Waals surface area contributed by atoms with E-state index in [4.69, 9.17) is 4.98 Å². The van der Waals surface area contributed by atoms with Crippen molar-refractivity contribution in [1.29, 1.82) is 0 Å². The van der Waals surface area contributed by atoms with Gasteiger partial charge in [0.25, 0.3) is 0 Å². The second kappa shape index (κ2) is 6.77. The van der Waals surface area contributed by atoms with Crippen LogP contribution in [0.2, 0.25) is 0 Å². The van der Waals surface area contributed by atoms with Gasteiger partial charge < -0.3 is 14.6 Å². The van der Waals surface area contributed by atoms with Crippen LogP contribution in [0.25, 0.3) is 11.0 Å². The van der Waals surface area contributed by atoms with Gasteiger partial charge >= 0.3 is 0 Å². The third kappa shape index (κ3) is 3.16. The summed E-state index contributed by atoms with van der Waals surface area (Å²) in [6.45, 7) is 4.00. The number of aliphatic hydroxyl groups excluding tert-OH is 1. The third-order valence-corrected chi connectivity index (χ3v) is 4.82. The van der Waals surface area contributed by atoms with Crippen molar-refractivity contribution in [2.75, 3.05) is 33.3 Å². The Kier molecular flexibility index (Phi) is 4.76. The smallest absolute Gasteiger partial charge is 0.123 e. The maximum Gasteiger partial charge on any atom is 0.123 e. The molecule has 1 fully saturated rings. The molecule has 22 heavy (non-hydrogen) atoms. The van der Waals surface area contributed by atoms with Crippen LogP contribution in [0.5, 0.6) is 0 Å². The molecule has 0 saturated carbocycles. The summed E-state index contributed by atoms with van der Waals surface area (Å²) in [5.41, 5.74) is 2.22. The Morgan fingerprint density at radius 3 is 2.64 bits per heavy atom. The summed E-state index contributed by atoms with van der Waals surface area (Å²) in [7, 11) is 4.26. The molecule has 1 aliphatic heterocycles. The molecule has 1 aromatic carbocycles. The lowest BCUT2D eigenvalue weighted by Gasteiger charge is -2.36. The summed E-state index contributed by atoms with van der Waals surface area (Å²) in [6.07, 6.45) is 2.33. The van der Waals surface area contributed by atoms with E-state index >= 15 is 0 Å². The average molecular weight is 302 g/mol. The van der Waals surface area contributed by atoms with Crippen molar-refractivity contribution in [3.8, 4) is 0 Å². The maximum atomic E-state index is 9.43. The summed E-state index contributed by atoms with van der Waals surface area (Å²) < 4.78 is 2.18. The fourth-order valence-corrected chi connectivity index (χ4v) is 3.40. The lowest BCUT2D eigenvalue weighted by molar-refractivity contribution is 0.0914. The van der Waals surface area contributed by atoms with Crippen molar-refractivity contribution in [3.05, 3.63) is 30.1 Å². The van der Waals surface area contributed by atoms with E-state index in [1.54, 1.807) is 0 Å². The highest BCUT2D eigenvalue weighted by Crippen LogP contribution is 2.20. The van der Waals surface area contributed by atoms with Crippen LogP contribution in [0, 0.1) is 0 Å². The van der Waals surface area contributed by atoms with Crippen LogP contribution in [-0.2, 0) is 13.6 Å². The Balaban J connectivity index is 1.78. The van der Waals surface area contributed by atoms with Gasteiger partial charge in [-0.3, -0.25) is 4.90 Å².